The van der Waals surface area contributed by atoms with Crippen molar-refractivity contribution < 1.29 is 0 Å². The lowest BCUT2D eigenvalue weighted by atomic mass is 9.75. The molecule has 2 aliphatic carbocycles. The molecule has 148 valence electrons. The summed E-state index contributed by atoms with van der Waals surface area (Å²) in [6, 6.07) is 0. The van der Waals surface area contributed by atoms with E-state index in [4.69, 9.17) is 0 Å². The molecular formula is C25H48. The third kappa shape index (κ3) is 9.48. The van der Waals surface area contributed by atoms with Gasteiger partial charge in [0, 0.05) is 0 Å². The highest BCUT2D eigenvalue weighted by Crippen LogP contribution is 2.36. The first-order valence-corrected chi connectivity index (χ1v) is 12.4. The van der Waals surface area contributed by atoms with Gasteiger partial charge in [-0.3, -0.25) is 0 Å². The Labute approximate surface area is 159 Å². The Balaban J connectivity index is 1.83. The Morgan fingerprint density at radius 3 is 1.44 bits per heavy atom. The molecule has 25 heavy (non-hydrogen) atoms. The Bertz CT molecular complexity index is 288. The van der Waals surface area contributed by atoms with E-state index < -0.39 is 0 Å². The summed E-state index contributed by atoms with van der Waals surface area (Å²) in [4.78, 5) is 0. The van der Waals surface area contributed by atoms with Gasteiger partial charge in [-0.15, -0.1) is 0 Å². The molecule has 2 unspecified atom stereocenters. The minimum Gasteiger partial charge on any atom is -0.0654 e. The third-order valence-electron chi connectivity index (χ3n) is 7.41. The maximum Gasteiger partial charge on any atom is -0.0386 e. The lowest BCUT2D eigenvalue weighted by Crippen LogP contribution is -2.18. The van der Waals surface area contributed by atoms with E-state index in [2.05, 4.69) is 6.92 Å². The predicted molar refractivity (Wildman–Crippen MR) is 113 cm³/mol. The molecule has 0 heterocycles. The van der Waals surface area contributed by atoms with Crippen LogP contribution in [0, 0.1) is 17.8 Å². The zero-order valence-electron chi connectivity index (χ0n) is 17.6. The molecule has 2 atom stereocenters. The van der Waals surface area contributed by atoms with Crippen LogP contribution in [0.15, 0.2) is 0 Å². The summed E-state index contributed by atoms with van der Waals surface area (Å²) in [7, 11) is 0. The molecule has 0 aromatic carbocycles. The van der Waals surface area contributed by atoms with Crippen molar-refractivity contribution in [2.45, 2.75) is 142 Å². The normalized spacial score (nSPS) is 29.6. The van der Waals surface area contributed by atoms with Crippen LogP contribution in [-0.4, -0.2) is 0 Å². The highest BCUT2D eigenvalue weighted by Gasteiger charge is 2.23. The van der Waals surface area contributed by atoms with E-state index >= 15 is 0 Å². The first kappa shape index (κ1) is 21.3. The summed E-state index contributed by atoms with van der Waals surface area (Å²) < 4.78 is 0. The monoisotopic (exact) mass is 348 g/mol. The minimum atomic E-state index is 1.05. The lowest BCUT2D eigenvalue weighted by Gasteiger charge is -2.31. The fraction of sp³-hybridized carbons (Fsp3) is 1.00. The lowest BCUT2D eigenvalue weighted by molar-refractivity contribution is 0.210. The topological polar surface area (TPSA) is 0 Å². The standard InChI is InChI=1S/C25H48/c1-2-3-16-23-17-11-8-6-4-5-7-9-12-19-25(22-15-18-23)24-20-13-10-14-21-24/h23-25H,2-22H2,1H3. The van der Waals surface area contributed by atoms with Crippen molar-refractivity contribution in [1.82, 2.24) is 0 Å². The molecule has 2 saturated carbocycles. The fourth-order valence-electron chi connectivity index (χ4n) is 5.72. The molecular weight excluding hydrogens is 300 g/mol. The van der Waals surface area contributed by atoms with Gasteiger partial charge in [-0.05, 0) is 17.8 Å². The second-order valence-electron chi connectivity index (χ2n) is 9.50. The van der Waals surface area contributed by atoms with Gasteiger partial charge in [-0.25, -0.2) is 0 Å². The van der Waals surface area contributed by atoms with Crippen molar-refractivity contribution in [2.75, 3.05) is 0 Å². The fourth-order valence-corrected chi connectivity index (χ4v) is 5.72. The summed E-state index contributed by atoms with van der Waals surface area (Å²) >= 11 is 0. The van der Waals surface area contributed by atoms with Gasteiger partial charge in [0.25, 0.3) is 0 Å². The van der Waals surface area contributed by atoms with Crippen LogP contribution in [-0.2, 0) is 0 Å². The maximum atomic E-state index is 2.37. The van der Waals surface area contributed by atoms with E-state index in [9.17, 15) is 0 Å². The Kier molecular flexibility index (Phi) is 12.0. The molecule has 0 aromatic rings. The molecule has 2 aliphatic rings. The van der Waals surface area contributed by atoms with E-state index in [1.165, 1.54) is 103 Å². The number of unbranched alkanes of at least 4 members (excludes halogenated alkanes) is 1. The Hall–Kier alpha value is 0. The van der Waals surface area contributed by atoms with Gasteiger partial charge in [0.1, 0.15) is 0 Å². The van der Waals surface area contributed by atoms with Gasteiger partial charge in [0.2, 0.25) is 0 Å². The molecule has 2 rings (SSSR count). The van der Waals surface area contributed by atoms with Crippen LogP contribution in [0.25, 0.3) is 0 Å². The molecule has 0 nitrogen and oxygen atoms in total. The van der Waals surface area contributed by atoms with Crippen LogP contribution >= 0.6 is 0 Å². The zero-order chi connectivity index (χ0) is 17.6. The van der Waals surface area contributed by atoms with Crippen LogP contribution in [0.3, 0.4) is 0 Å². The van der Waals surface area contributed by atoms with Gasteiger partial charge in [0.15, 0.2) is 0 Å². The number of rotatable bonds is 4. The summed E-state index contributed by atoms with van der Waals surface area (Å²) in [6.07, 6.45) is 31.9. The van der Waals surface area contributed by atoms with Crippen LogP contribution in [0.5, 0.6) is 0 Å². The molecule has 0 saturated heterocycles. The van der Waals surface area contributed by atoms with Gasteiger partial charge in [-0.1, -0.05) is 142 Å². The molecule has 0 spiro atoms. The van der Waals surface area contributed by atoms with Crippen molar-refractivity contribution >= 4 is 0 Å². The first-order valence-electron chi connectivity index (χ1n) is 12.4. The number of hydrogen-bond donors (Lipinski definition) is 0. The maximum absolute atomic E-state index is 2.37. The molecule has 0 heteroatoms. The largest absolute Gasteiger partial charge is 0.0654 e. The summed E-state index contributed by atoms with van der Waals surface area (Å²) in [5.41, 5.74) is 0. The van der Waals surface area contributed by atoms with E-state index in [0.29, 0.717) is 0 Å². The number of hydrogen-bond acceptors (Lipinski definition) is 0. The predicted octanol–water partition coefficient (Wildman–Crippen LogP) is 9.07. The molecule has 0 amide bonds. The average molecular weight is 349 g/mol. The van der Waals surface area contributed by atoms with Crippen LogP contribution in [0.1, 0.15) is 142 Å². The molecule has 0 bridgehead atoms. The zero-order valence-corrected chi connectivity index (χ0v) is 17.6. The molecule has 0 aromatic heterocycles. The second-order valence-corrected chi connectivity index (χ2v) is 9.50. The summed E-state index contributed by atoms with van der Waals surface area (Å²) in [5.74, 6) is 3.23. The molecule has 2 fully saturated rings. The molecule has 0 aliphatic heterocycles. The van der Waals surface area contributed by atoms with Crippen molar-refractivity contribution in [3.8, 4) is 0 Å². The van der Waals surface area contributed by atoms with Crippen LogP contribution in [0.2, 0.25) is 0 Å². The average Bonchev–Trinajstić information content (AvgIpc) is 2.66. The highest BCUT2D eigenvalue weighted by atomic mass is 14.3. The minimum absolute atomic E-state index is 1.05. The Morgan fingerprint density at radius 1 is 0.480 bits per heavy atom. The van der Waals surface area contributed by atoms with Gasteiger partial charge >= 0.3 is 0 Å². The quantitative estimate of drug-likeness (QED) is 0.475. The third-order valence-corrected chi connectivity index (χ3v) is 7.41. The first-order chi connectivity index (χ1) is 12.4. The van der Waals surface area contributed by atoms with E-state index in [1.54, 1.807) is 32.1 Å². The van der Waals surface area contributed by atoms with E-state index in [0.717, 1.165) is 17.8 Å². The summed E-state index contributed by atoms with van der Waals surface area (Å²) in [5, 5.41) is 0. The van der Waals surface area contributed by atoms with Crippen LogP contribution in [0.4, 0.5) is 0 Å². The molecule has 0 N–H and O–H groups in total. The second kappa shape index (κ2) is 14.1. The van der Waals surface area contributed by atoms with Crippen molar-refractivity contribution in [2.24, 2.45) is 17.8 Å². The van der Waals surface area contributed by atoms with Crippen molar-refractivity contribution in [3.05, 3.63) is 0 Å². The van der Waals surface area contributed by atoms with E-state index in [1.807, 2.05) is 0 Å². The highest BCUT2D eigenvalue weighted by molar-refractivity contribution is 4.75. The van der Waals surface area contributed by atoms with Crippen molar-refractivity contribution in [1.29, 1.82) is 0 Å². The SMILES string of the molecule is CCCCC1CCCCCCCCCCC(C2CCCCC2)CCC1. The van der Waals surface area contributed by atoms with Crippen LogP contribution < -0.4 is 0 Å². The smallest absolute Gasteiger partial charge is 0.0386 e. The summed E-state index contributed by atoms with van der Waals surface area (Å²) in [6.45, 7) is 2.37. The Morgan fingerprint density at radius 2 is 0.880 bits per heavy atom. The van der Waals surface area contributed by atoms with Gasteiger partial charge < -0.3 is 0 Å². The van der Waals surface area contributed by atoms with Gasteiger partial charge in [0.05, 0.1) is 0 Å². The van der Waals surface area contributed by atoms with E-state index in [-0.39, 0.29) is 0 Å². The van der Waals surface area contributed by atoms with Gasteiger partial charge in [-0.2, -0.15) is 0 Å². The van der Waals surface area contributed by atoms with Crippen molar-refractivity contribution in [3.63, 3.8) is 0 Å². The molecule has 0 radical (unpaired) electrons.